The summed E-state index contributed by atoms with van der Waals surface area (Å²) in [6.07, 6.45) is 3.45. The number of nitrogen functional groups attached to an aromatic ring is 1. The van der Waals surface area contributed by atoms with Crippen LogP contribution in [0.4, 0.5) is 15.9 Å². The van der Waals surface area contributed by atoms with Gasteiger partial charge >= 0.3 is 0 Å². The highest BCUT2D eigenvalue weighted by Gasteiger charge is 2.46. The summed E-state index contributed by atoms with van der Waals surface area (Å²) in [4.78, 5) is 80.9. The number of ketones is 2. The number of anilines is 2. The number of ether oxygens (including phenoxy) is 1. The molecule has 2 aromatic heterocycles. The standard InChI is InChI=1S/C45H45FN10O6/c1-62-38-11-6-27(46)16-35(38)43(59)48-19-25-2-4-26(5-3-25)40-39-41(47)49-24-50-42(39)56(51-40)28-12-14-52(15-13-28)30-20-54(21-30)31-22-53(23-31)29-7-9-33-34(17-29)45(61)55(44(33)60)36-10-8-32(57)18-37(36)58/h2-7,9,11,16-17,24,28,30-31,36H,8,10,12-15,18-23H2,1H3,(H,48,59)(H2,47,49,50). The molecule has 5 aromatic rings. The molecule has 5 aliphatic rings. The molecule has 1 saturated carbocycles. The van der Waals surface area contributed by atoms with Crippen LogP contribution in [-0.4, -0.2) is 128 Å². The highest BCUT2D eigenvalue weighted by Crippen LogP contribution is 2.37. The summed E-state index contributed by atoms with van der Waals surface area (Å²) in [5, 5.41) is 8.62. The molecule has 10 rings (SSSR count). The minimum atomic E-state index is -0.872. The molecule has 3 N–H and O–H groups in total. The van der Waals surface area contributed by atoms with Crippen molar-refractivity contribution in [1.29, 1.82) is 0 Å². The smallest absolute Gasteiger partial charge is 0.262 e. The van der Waals surface area contributed by atoms with E-state index < -0.39 is 29.6 Å². The van der Waals surface area contributed by atoms with Crippen molar-refractivity contribution in [2.75, 3.05) is 57.0 Å². The summed E-state index contributed by atoms with van der Waals surface area (Å²) >= 11 is 0. The van der Waals surface area contributed by atoms with Crippen LogP contribution in [0.25, 0.3) is 22.3 Å². The normalized spacial score (nSPS) is 20.5. The van der Waals surface area contributed by atoms with Crippen LogP contribution in [0, 0.1) is 5.82 Å². The number of hydrogen-bond acceptors (Lipinski definition) is 13. The number of nitrogens with zero attached hydrogens (tertiary/aromatic N) is 8. The number of carbonyl (C=O) groups excluding carboxylic acids is 5. The number of benzene rings is 3. The van der Waals surface area contributed by atoms with Gasteiger partial charge in [0, 0.05) is 75.6 Å². The predicted molar refractivity (Wildman–Crippen MR) is 225 cm³/mol. The first-order valence-corrected chi connectivity index (χ1v) is 21.0. The molecule has 318 valence electrons. The third kappa shape index (κ3) is 6.94. The largest absolute Gasteiger partial charge is 0.496 e. The van der Waals surface area contributed by atoms with Crippen molar-refractivity contribution in [3.63, 3.8) is 0 Å². The Labute approximate surface area is 355 Å². The summed E-state index contributed by atoms with van der Waals surface area (Å²) in [6, 6.07) is 17.0. The first-order valence-electron chi connectivity index (χ1n) is 21.0. The average molecular weight is 841 g/mol. The van der Waals surface area contributed by atoms with Gasteiger partial charge in [-0.2, -0.15) is 5.10 Å². The number of imide groups is 1. The van der Waals surface area contributed by atoms with Crippen LogP contribution in [0.3, 0.4) is 0 Å². The Morgan fingerprint density at radius 2 is 1.60 bits per heavy atom. The number of Topliss-reactive ketones (excluding diaryl/α,β-unsaturated/α-hetero) is 2. The van der Waals surface area contributed by atoms with Gasteiger partial charge in [0.15, 0.2) is 11.4 Å². The molecule has 0 bridgehead atoms. The Balaban J connectivity index is 0.728. The molecular formula is C45H45FN10O6. The van der Waals surface area contributed by atoms with Crippen molar-refractivity contribution in [2.45, 2.75) is 62.8 Å². The monoisotopic (exact) mass is 840 g/mol. The Bertz CT molecular complexity index is 2650. The van der Waals surface area contributed by atoms with E-state index in [1.165, 1.54) is 25.6 Å². The number of likely N-dealkylation sites (tertiary alicyclic amines) is 2. The van der Waals surface area contributed by atoms with Crippen molar-refractivity contribution in [1.82, 2.24) is 39.8 Å². The highest BCUT2D eigenvalue weighted by atomic mass is 19.1. The van der Waals surface area contributed by atoms with E-state index in [-0.39, 0.29) is 49.0 Å². The van der Waals surface area contributed by atoms with Gasteiger partial charge in [-0.15, -0.1) is 0 Å². The van der Waals surface area contributed by atoms with Gasteiger partial charge in [0.1, 0.15) is 35.2 Å². The van der Waals surface area contributed by atoms with Crippen LogP contribution >= 0.6 is 0 Å². The van der Waals surface area contributed by atoms with Gasteiger partial charge in [0.25, 0.3) is 17.7 Å². The Morgan fingerprint density at radius 1 is 0.855 bits per heavy atom. The van der Waals surface area contributed by atoms with Gasteiger partial charge in [0.2, 0.25) is 0 Å². The summed E-state index contributed by atoms with van der Waals surface area (Å²) < 4.78 is 21.1. The fraction of sp³-hybridized carbons (Fsp3) is 0.378. The molecule has 1 unspecified atom stereocenters. The van der Waals surface area contributed by atoms with Crippen molar-refractivity contribution < 1.29 is 33.1 Å². The number of amides is 3. The van der Waals surface area contributed by atoms with Gasteiger partial charge < -0.3 is 20.7 Å². The van der Waals surface area contributed by atoms with E-state index in [0.717, 1.165) is 79.9 Å². The molecule has 3 saturated heterocycles. The lowest BCUT2D eigenvalue weighted by Gasteiger charge is -2.55. The Hall–Kier alpha value is -6.59. The van der Waals surface area contributed by atoms with E-state index in [9.17, 15) is 28.4 Å². The van der Waals surface area contributed by atoms with E-state index >= 15 is 0 Å². The second-order valence-corrected chi connectivity index (χ2v) is 16.9. The summed E-state index contributed by atoms with van der Waals surface area (Å²) in [7, 11) is 1.43. The lowest BCUT2D eigenvalue weighted by atomic mass is 9.92. The maximum absolute atomic E-state index is 13.8. The zero-order valence-corrected chi connectivity index (χ0v) is 34.1. The topological polar surface area (TPSA) is 189 Å². The van der Waals surface area contributed by atoms with Crippen LogP contribution < -0.4 is 20.7 Å². The minimum absolute atomic E-state index is 0.124. The first-order chi connectivity index (χ1) is 30.0. The number of fused-ring (bicyclic) bond motifs is 2. The highest BCUT2D eigenvalue weighted by molar-refractivity contribution is 6.24. The number of nitrogens with one attached hydrogen (secondary N) is 1. The van der Waals surface area contributed by atoms with Crippen LogP contribution in [0.2, 0.25) is 0 Å². The minimum Gasteiger partial charge on any atom is -0.496 e. The number of rotatable bonds is 10. The number of methoxy groups -OCH3 is 1. The summed E-state index contributed by atoms with van der Waals surface area (Å²) in [5.74, 6) is -1.74. The van der Waals surface area contributed by atoms with Crippen molar-refractivity contribution in [2.24, 2.45) is 0 Å². The van der Waals surface area contributed by atoms with E-state index in [0.29, 0.717) is 51.5 Å². The number of hydrogen-bond donors (Lipinski definition) is 2. The molecule has 4 aliphatic heterocycles. The Morgan fingerprint density at radius 3 is 2.34 bits per heavy atom. The first kappa shape index (κ1) is 39.5. The number of aromatic nitrogens is 4. The predicted octanol–water partition coefficient (Wildman–Crippen LogP) is 3.65. The summed E-state index contributed by atoms with van der Waals surface area (Å²) in [6.45, 7) is 5.73. The van der Waals surface area contributed by atoms with Crippen LogP contribution in [0.15, 0.2) is 67.0 Å². The van der Waals surface area contributed by atoms with Crippen LogP contribution in [0.1, 0.15) is 74.8 Å². The number of piperidine rings is 1. The molecule has 1 aliphatic carbocycles. The van der Waals surface area contributed by atoms with E-state index in [1.807, 2.05) is 35.0 Å². The zero-order valence-electron chi connectivity index (χ0n) is 34.1. The molecule has 0 radical (unpaired) electrons. The number of carbonyl (C=O) groups is 5. The number of nitrogens with two attached hydrogens (primary N) is 1. The molecule has 17 heteroatoms. The van der Waals surface area contributed by atoms with Crippen molar-refractivity contribution in [3.8, 4) is 17.0 Å². The van der Waals surface area contributed by atoms with Crippen molar-refractivity contribution >= 4 is 51.8 Å². The molecular weight excluding hydrogens is 796 g/mol. The van der Waals surface area contributed by atoms with E-state index in [1.54, 1.807) is 12.1 Å². The van der Waals surface area contributed by atoms with Gasteiger partial charge in [-0.1, -0.05) is 24.3 Å². The van der Waals surface area contributed by atoms with Gasteiger partial charge in [-0.25, -0.2) is 19.0 Å². The lowest BCUT2D eigenvalue weighted by Crippen LogP contribution is -2.70. The zero-order chi connectivity index (χ0) is 42.8. The molecule has 1 atom stereocenters. The third-order valence-electron chi connectivity index (χ3n) is 13.3. The summed E-state index contributed by atoms with van der Waals surface area (Å²) in [5.41, 5.74) is 11.2. The van der Waals surface area contributed by atoms with Crippen LogP contribution in [-0.2, 0) is 16.1 Å². The van der Waals surface area contributed by atoms with Gasteiger partial charge in [-0.3, -0.25) is 38.7 Å². The second-order valence-electron chi connectivity index (χ2n) is 16.9. The third-order valence-corrected chi connectivity index (χ3v) is 13.3. The molecule has 3 amide bonds. The lowest BCUT2D eigenvalue weighted by molar-refractivity contribution is -0.132. The molecule has 62 heavy (non-hydrogen) atoms. The molecule has 4 fully saturated rings. The maximum Gasteiger partial charge on any atom is 0.262 e. The van der Waals surface area contributed by atoms with Crippen molar-refractivity contribution in [3.05, 3.63) is 95.1 Å². The molecule has 16 nitrogen and oxygen atoms in total. The second kappa shape index (κ2) is 15.7. The number of halogens is 1. The van der Waals surface area contributed by atoms with E-state index in [2.05, 4.69) is 30.0 Å². The SMILES string of the molecule is COc1ccc(F)cc1C(=O)NCc1ccc(-c2nn(C3CCN(C4CN(C5CN(c6ccc7c(c6)C(=O)N(C6CCC(=O)CC6=O)C7=O)C5)C4)CC3)c3ncnc(N)c23)cc1. The van der Waals surface area contributed by atoms with E-state index in [4.69, 9.17) is 15.6 Å². The quantitative estimate of drug-likeness (QED) is 0.153. The van der Waals surface area contributed by atoms with Gasteiger partial charge in [-0.05, 0) is 61.2 Å². The van der Waals surface area contributed by atoms with Crippen LogP contribution in [0.5, 0.6) is 5.75 Å². The Kier molecular flexibility index (Phi) is 10.0. The maximum atomic E-state index is 13.8. The molecule has 3 aromatic carbocycles. The fourth-order valence-corrected chi connectivity index (χ4v) is 9.64. The fourth-order valence-electron chi connectivity index (χ4n) is 9.64. The molecule has 6 heterocycles. The van der Waals surface area contributed by atoms with Gasteiger partial charge in [0.05, 0.1) is 47.7 Å². The molecule has 0 spiro atoms. The average Bonchev–Trinajstić information content (AvgIpc) is 3.75.